The average molecular weight is 250 g/mol. The van der Waals surface area contributed by atoms with Crippen LogP contribution in [0.1, 0.15) is 44.0 Å². The number of aromatic nitrogens is 2. The summed E-state index contributed by atoms with van der Waals surface area (Å²) in [4.78, 5) is 8.74. The lowest BCUT2D eigenvalue weighted by Crippen LogP contribution is -2.29. The van der Waals surface area contributed by atoms with Gasteiger partial charge in [-0.3, -0.25) is 0 Å². The Bertz CT molecular complexity index is 414. The molecular formula is C13H22N4O. The third-order valence-corrected chi connectivity index (χ3v) is 3.58. The summed E-state index contributed by atoms with van der Waals surface area (Å²) in [6, 6.07) is 0.381. The fourth-order valence-electron chi connectivity index (χ4n) is 2.29. The number of nitrogens with two attached hydrogens (primary N) is 1. The third kappa shape index (κ3) is 2.90. The number of aryl methyl sites for hydroxylation is 1. The number of nitrogens with zero attached hydrogens (tertiary/aromatic N) is 2. The molecular weight excluding hydrogens is 228 g/mol. The first kappa shape index (κ1) is 13.1. The maximum atomic E-state index is 9.50. The minimum absolute atomic E-state index is 0.134. The van der Waals surface area contributed by atoms with E-state index in [0.717, 1.165) is 49.3 Å². The Morgan fingerprint density at radius 1 is 1.28 bits per heavy atom. The Morgan fingerprint density at radius 2 is 1.94 bits per heavy atom. The highest BCUT2D eigenvalue weighted by Crippen LogP contribution is 2.24. The lowest BCUT2D eigenvalue weighted by Gasteiger charge is -2.27. The van der Waals surface area contributed by atoms with Gasteiger partial charge in [0.25, 0.3) is 0 Å². The molecule has 0 spiro atoms. The monoisotopic (exact) mass is 250 g/mol. The molecule has 1 heterocycles. The van der Waals surface area contributed by atoms with E-state index in [0.29, 0.717) is 11.9 Å². The Hall–Kier alpha value is -1.36. The molecule has 2 rings (SSSR count). The molecule has 5 nitrogen and oxygen atoms in total. The standard InChI is InChI=1S/C13H22N4O/c1-3-11-16-12(14)8(2)13(17-11)15-9-4-6-10(18)7-5-9/h9-10,18H,3-7H2,1-2H3,(H3,14,15,16,17). The SMILES string of the molecule is CCc1nc(N)c(C)c(NC2CCC(O)CC2)n1. The fraction of sp³-hybridized carbons (Fsp3) is 0.692. The highest BCUT2D eigenvalue weighted by Gasteiger charge is 2.20. The second-order valence-electron chi connectivity index (χ2n) is 5.00. The van der Waals surface area contributed by atoms with Crippen molar-refractivity contribution in [2.75, 3.05) is 11.1 Å². The van der Waals surface area contributed by atoms with Gasteiger partial charge in [0.1, 0.15) is 17.5 Å². The summed E-state index contributed by atoms with van der Waals surface area (Å²) in [5.74, 6) is 2.18. The van der Waals surface area contributed by atoms with Crippen molar-refractivity contribution >= 4 is 11.6 Å². The number of nitrogen functional groups attached to an aromatic ring is 1. The van der Waals surface area contributed by atoms with Crippen LogP contribution in [0.2, 0.25) is 0 Å². The van der Waals surface area contributed by atoms with Crippen LogP contribution in [0.25, 0.3) is 0 Å². The number of anilines is 2. The quantitative estimate of drug-likeness (QED) is 0.759. The lowest BCUT2D eigenvalue weighted by atomic mass is 9.93. The molecule has 0 aromatic carbocycles. The summed E-state index contributed by atoms with van der Waals surface area (Å²) in [6.45, 7) is 3.96. The van der Waals surface area contributed by atoms with Crippen LogP contribution < -0.4 is 11.1 Å². The molecule has 1 aromatic rings. The Kier molecular flexibility index (Phi) is 4.01. The molecule has 1 saturated carbocycles. The second kappa shape index (κ2) is 5.52. The fourth-order valence-corrected chi connectivity index (χ4v) is 2.29. The van der Waals surface area contributed by atoms with Gasteiger partial charge in [-0.25, -0.2) is 9.97 Å². The number of aliphatic hydroxyl groups excluding tert-OH is 1. The lowest BCUT2D eigenvalue weighted by molar-refractivity contribution is 0.126. The predicted molar refractivity (Wildman–Crippen MR) is 72.4 cm³/mol. The summed E-state index contributed by atoms with van der Waals surface area (Å²) in [5.41, 5.74) is 6.81. The van der Waals surface area contributed by atoms with Gasteiger partial charge < -0.3 is 16.2 Å². The summed E-state index contributed by atoms with van der Waals surface area (Å²) < 4.78 is 0. The van der Waals surface area contributed by atoms with E-state index in [-0.39, 0.29) is 6.10 Å². The Morgan fingerprint density at radius 3 is 2.56 bits per heavy atom. The van der Waals surface area contributed by atoms with Gasteiger partial charge in [0.05, 0.1) is 6.10 Å². The zero-order chi connectivity index (χ0) is 13.1. The largest absolute Gasteiger partial charge is 0.393 e. The van der Waals surface area contributed by atoms with Crippen LogP contribution in [-0.4, -0.2) is 27.2 Å². The summed E-state index contributed by atoms with van der Waals surface area (Å²) in [6.07, 6.45) is 4.32. The highest BCUT2D eigenvalue weighted by atomic mass is 16.3. The van der Waals surface area contributed by atoms with Crippen LogP contribution in [0.3, 0.4) is 0 Å². The van der Waals surface area contributed by atoms with Crippen molar-refractivity contribution in [1.29, 1.82) is 0 Å². The molecule has 0 amide bonds. The van der Waals surface area contributed by atoms with Gasteiger partial charge in [-0.05, 0) is 32.6 Å². The van der Waals surface area contributed by atoms with Crippen LogP contribution in [-0.2, 0) is 6.42 Å². The van der Waals surface area contributed by atoms with E-state index >= 15 is 0 Å². The van der Waals surface area contributed by atoms with E-state index < -0.39 is 0 Å². The van der Waals surface area contributed by atoms with Crippen molar-refractivity contribution in [1.82, 2.24) is 9.97 Å². The van der Waals surface area contributed by atoms with Gasteiger partial charge in [0.15, 0.2) is 0 Å². The molecule has 1 fully saturated rings. The summed E-state index contributed by atoms with van der Waals surface area (Å²) >= 11 is 0. The van der Waals surface area contributed by atoms with Gasteiger partial charge in [-0.15, -0.1) is 0 Å². The highest BCUT2D eigenvalue weighted by molar-refractivity contribution is 5.55. The van der Waals surface area contributed by atoms with Crippen molar-refractivity contribution in [2.24, 2.45) is 0 Å². The van der Waals surface area contributed by atoms with Crippen molar-refractivity contribution in [3.63, 3.8) is 0 Å². The molecule has 1 aliphatic carbocycles. The molecule has 0 radical (unpaired) electrons. The van der Waals surface area contributed by atoms with E-state index in [4.69, 9.17) is 5.73 Å². The number of rotatable bonds is 3. The molecule has 0 bridgehead atoms. The maximum Gasteiger partial charge on any atom is 0.134 e. The Balaban J connectivity index is 2.10. The van der Waals surface area contributed by atoms with Gasteiger partial charge in [-0.2, -0.15) is 0 Å². The number of hydrogen-bond donors (Lipinski definition) is 3. The molecule has 1 aliphatic rings. The predicted octanol–water partition coefficient (Wildman–Crippen LogP) is 1.65. The first-order chi connectivity index (χ1) is 8.60. The zero-order valence-corrected chi connectivity index (χ0v) is 11.1. The zero-order valence-electron chi connectivity index (χ0n) is 11.1. The molecule has 4 N–H and O–H groups in total. The maximum absolute atomic E-state index is 9.50. The molecule has 0 saturated heterocycles. The van der Waals surface area contributed by atoms with Crippen molar-refractivity contribution in [3.8, 4) is 0 Å². The first-order valence-electron chi connectivity index (χ1n) is 6.67. The van der Waals surface area contributed by atoms with E-state index in [1.807, 2.05) is 13.8 Å². The average Bonchev–Trinajstić information content (AvgIpc) is 2.37. The topological polar surface area (TPSA) is 84.1 Å². The first-order valence-corrected chi connectivity index (χ1v) is 6.67. The second-order valence-corrected chi connectivity index (χ2v) is 5.00. The third-order valence-electron chi connectivity index (χ3n) is 3.58. The van der Waals surface area contributed by atoms with E-state index in [1.54, 1.807) is 0 Å². The molecule has 0 unspecified atom stereocenters. The van der Waals surface area contributed by atoms with Gasteiger partial charge >= 0.3 is 0 Å². The minimum Gasteiger partial charge on any atom is -0.393 e. The van der Waals surface area contributed by atoms with E-state index in [9.17, 15) is 5.11 Å². The number of nitrogens with one attached hydrogen (secondary N) is 1. The van der Waals surface area contributed by atoms with Crippen LogP contribution in [0.4, 0.5) is 11.6 Å². The number of hydrogen-bond acceptors (Lipinski definition) is 5. The minimum atomic E-state index is -0.134. The number of aliphatic hydroxyl groups is 1. The molecule has 100 valence electrons. The molecule has 1 aromatic heterocycles. The van der Waals surface area contributed by atoms with Gasteiger partial charge in [0.2, 0.25) is 0 Å². The molecule has 5 heteroatoms. The molecule has 0 aliphatic heterocycles. The van der Waals surface area contributed by atoms with Crippen LogP contribution in [0, 0.1) is 6.92 Å². The van der Waals surface area contributed by atoms with Crippen molar-refractivity contribution in [2.45, 2.75) is 58.1 Å². The van der Waals surface area contributed by atoms with Crippen LogP contribution in [0.5, 0.6) is 0 Å². The molecule has 0 atom stereocenters. The van der Waals surface area contributed by atoms with E-state index in [1.165, 1.54) is 0 Å². The Labute approximate surface area is 108 Å². The molecule has 18 heavy (non-hydrogen) atoms. The van der Waals surface area contributed by atoms with Crippen LogP contribution in [0.15, 0.2) is 0 Å². The summed E-state index contributed by atoms with van der Waals surface area (Å²) in [5, 5.41) is 12.9. The smallest absolute Gasteiger partial charge is 0.134 e. The summed E-state index contributed by atoms with van der Waals surface area (Å²) in [7, 11) is 0. The van der Waals surface area contributed by atoms with Crippen LogP contribution >= 0.6 is 0 Å². The van der Waals surface area contributed by atoms with Crippen molar-refractivity contribution < 1.29 is 5.11 Å². The normalized spacial score (nSPS) is 23.9. The van der Waals surface area contributed by atoms with Gasteiger partial charge in [0, 0.05) is 18.0 Å². The van der Waals surface area contributed by atoms with Gasteiger partial charge in [-0.1, -0.05) is 6.92 Å². The van der Waals surface area contributed by atoms with E-state index in [2.05, 4.69) is 15.3 Å². The van der Waals surface area contributed by atoms with Crippen molar-refractivity contribution in [3.05, 3.63) is 11.4 Å².